The maximum absolute atomic E-state index is 13.0. The largest absolute Gasteiger partial charge is 0.480 e. The van der Waals surface area contributed by atoms with E-state index in [9.17, 15) is 9.18 Å². The predicted molar refractivity (Wildman–Crippen MR) is 60.0 cm³/mol. The number of hydrogen-bond donors (Lipinski definition) is 2. The number of halogens is 2. The number of carboxylic acids is 1. The van der Waals surface area contributed by atoms with Crippen molar-refractivity contribution in [2.45, 2.75) is 25.3 Å². The van der Waals surface area contributed by atoms with Gasteiger partial charge in [0.1, 0.15) is 11.9 Å². The van der Waals surface area contributed by atoms with E-state index in [2.05, 4.69) is 0 Å². The topological polar surface area (TPSA) is 63.3 Å². The monoisotopic (exact) mass is 245 g/mol. The highest BCUT2D eigenvalue weighted by atomic mass is 35.5. The predicted octanol–water partition coefficient (Wildman–Crippen LogP) is 2.17. The molecule has 0 aliphatic rings. The molecule has 0 aliphatic carbocycles. The summed E-state index contributed by atoms with van der Waals surface area (Å²) in [6.45, 7) is 3.35. The van der Waals surface area contributed by atoms with Crippen LogP contribution >= 0.6 is 11.6 Å². The third kappa shape index (κ3) is 2.33. The highest BCUT2D eigenvalue weighted by molar-refractivity contribution is 6.30. The van der Waals surface area contributed by atoms with Gasteiger partial charge in [-0.25, -0.2) is 4.39 Å². The molecule has 0 aromatic heterocycles. The lowest BCUT2D eigenvalue weighted by Gasteiger charge is -2.29. The molecule has 0 spiro atoms. The van der Waals surface area contributed by atoms with E-state index in [1.807, 2.05) is 0 Å². The number of nitrogens with two attached hydrogens (primary N) is 1. The summed E-state index contributed by atoms with van der Waals surface area (Å²) in [6, 6.07) is 3.02. The molecule has 0 fully saturated rings. The Morgan fingerprint density at radius 2 is 2.12 bits per heavy atom. The molecule has 1 rings (SSSR count). The van der Waals surface area contributed by atoms with E-state index in [1.54, 1.807) is 13.8 Å². The van der Waals surface area contributed by atoms with Crippen LogP contribution in [0.2, 0.25) is 5.02 Å². The lowest BCUT2D eigenvalue weighted by Crippen LogP contribution is -2.46. The van der Waals surface area contributed by atoms with Crippen molar-refractivity contribution in [3.05, 3.63) is 34.6 Å². The van der Waals surface area contributed by atoms with Gasteiger partial charge in [-0.15, -0.1) is 0 Å². The average Bonchev–Trinajstić information content (AvgIpc) is 2.20. The summed E-state index contributed by atoms with van der Waals surface area (Å²) in [7, 11) is 0. The SMILES string of the molecule is CC(C)(c1ccc(F)c(Cl)c1)C(N)C(=O)O. The first-order chi connectivity index (χ1) is 7.26. The third-order valence-corrected chi connectivity index (χ3v) is 3.00. The van der Waals surface area contributed by atoms with Gasteiger partial charge in [0.05, 0.1) is 5.02 Å². The standard InChI is InChI=1S/C11H13ClFNO2/c1-11(2,9(14)10(15)16)6-3-4-8(13)7(12)5-6/h3-5,9H,14H2,1-2H3,(H,15,16). The molecular formula is C11H13ClFNO2. The van der Waals surface area contributed by atoms with E-state index in [1.165, 1.54) is 18.2 Å². The molecule has 1 unspecified atom stereocenters. The molecule has 0 saturated carbocycles. The number of hydrogen-bond acceptors (Lipinski definition) is 2. The van der Waals surface area contributed by atoms with Crippen LogP contribution in [0.3, 0.4) is 0 Å². The second-order valence-corrected chi connectivity index (χ2v) is 4.57. The van der Waals surface area contributed by atoms with E-state index < -0.39 is 23.2 Å². The second-order valence-electron chi connectivity index (χ2n) is 4.17. The zero-order valence-electron chi connectivity index (χ0n) is 9.00. The van der Waals surface area contributed by atoms with Crippen LogP contribution in [-0.2, 0) is 10.2 Å². The summed E-state index contributed by atoms with van der Waals surface area (Å²) in [5.41, 5.74) is 5.35. The van der Waals surface area contributed by atoms with Gasteiger partial charge in [0, 0.05) is 5.41 Å². The number of carbonyl (C=O) groups is 1. The summed E-state index contributed by atoms with van der Waals surface area (Å²) in [5.74, 6) is -1.64. The number of carboxylic acid groups (broad SMARTS) is 1. The van der Waals surface area contributed by atoms with E-state index >= 15 is 0 Å². The fraction of sp³-hybridized carbons (Fsp3) is 0.364. The van der Waals surface area contributed by atoms with Crippen molar-refractivity contribution in [2.24, 2.45) is 5.73 Å². The molecule has 0 amide bonds. The molecule has 88 valence electrons. The zero-order chi connectivity index (χ0) is 12.5. The van der Waals surface area contributed by atoms with E-state index in [-0.39, 0.29) is 5.02 Å². The summed E-state index contributed by atoms with van der Waals surface area (Å²) in [5, 5.41) is 8.83. The molecule has 0 saturated heterocycles. The first kappa shape index (κ1) is 12.9. The Kier molecular flexibility index (Phi) is 3.55. The smallest absolute Gasteiger partial charge is 0.321 e. The van der Waals surface area contributed by atoms with Crippen LogP contribution < -0.4 is 5.73 Å². The van der Waals surface area contributed by atoms with Crippen LogP contribution in [-0.4, -0.2) is 17.1 Å². The maximum Gasteiger partial charge on any atom is 0.321 e. The van der Waals surface area contributed by atoms with Crippen LogP contribution in [0, 0.1) is 5.82 Å². The first-order valence-electron chi connectivity index (χ1n) is 4.70. The first-order valence-corrected chi connectivity index (χ1v) is 5.08. The van der Waals surface area contributed by atoms with Crippen LogP contribution in [0.25, 0.3) is 0 Å². The lowest BCUT2D eigenvalue weighted by atomic mass is 9.78. The molecule has 0 bridgehead atoms. The Morgan fingerprint density at radius 3 is 2.56 bits per heavy atom. The fourth-order valence-electron chi connectivity index (χ4n) is 1.39. The average molecular weight is 246 g/mol. The second kappa shape index (κ2) is 4.39. The van der Waals surface area contributed by atoms with Gasteiger partial charge >= 0.3 is 5.97 Å². The van der Waals surface area contributed by atoms with Crippen molar-refractivity contribution < 1.29 is 14.3 Å². The van der Waals surface area contributed by atoms with Gasteiger partial charge in [0.25, 0.3) is 0 Å². The van der Waals surface area contributed by atoms with Crippen LogP contribution in [0.15, 0.2) is 18.2 Å². The molecule has 5 heteroatoms. The van der Waals surface area contributed by atoms with Gasteiger partial charge in [0.2, 0.25) is 0 Å². The molecular weight excluding hydrogens is 233 g/mol. The summed E-state index contributed by atoms with van der Waals surface area (Å²) >= 11 is 5.64. The normalized spacial score (nSPS) is 13.6. The van der Waals surface area contributed by atoms with Crippen molar-refractivity contribution in [1.29, 1.82) is 0 Å². The molecule has 1 aromatic carbocycles. The minimum absolute atomic E-state index is 0.0387. The van der Waals surface area contributed by atoms with Gasteiger partial charge in [-0.2, -0.15) is 0 Å². The summed E-state index contributed by atoms with van der Waals surface area (Å²) in [6.07, 6.45) is 0. The Morgan fingerprint density at radius 1 is 1.56 bits per heavy atom. The van der Waals surface area contributed by atoms with Crippen LogP contribution in [0.1, 0.15) is 19.4 Å². The Balaban J connectivity index is 3.16. The van der Waals surface area contributed by atoms with Gasteiger partial charge < -0.3 is 10.8 Å². The Hall–Kier alpha value is -1.13. The molecule has 1 aromatic rings. The van der Waals surface area contributed by atoms with E-state index in [0.29, 0.717) is 5.56 Å². The quantitative estimate of drug-likeness (QED) is 0.858. The fourth-order valence-corrected chi connectivity index (χ4v) is 1.57. The number of benzene rings is 1. The van der Waals surface area contributed by atoms with Gasteiger partial charge in [0.15, 0.2) is 0 Å². The molecule has 0 radical (unpaired) electrons. The minimum atomic E-state index is -1.11. The number of aliphatic carboxylic acids is 1. The highest BCUT2D eigenvalue weighted by Crippen LogP contribution is 2.29. The maximum atomic E-state index is 13.0. The lowest BCUT2D eigenvalue weighted by molar-refractivity contribution is -0.140. The molecule has 3 nitrogen and oxygen atoms in total. The Labute approximate surface area is 98.0 Å². The molecule has 16 heavy (non-hydrogen) atoms. The third-order valence-electron chi connectivity index (χ3n) is 2.71. The van der Waals surface area contributed by atoms with E-state index in [4.69, 9.17) is 22.4 Å². The van der Waals surface area contributed by atoms with Crippen molar-refractivity contribution in [1.82, 2.24) is 0 Å². The van der Waals surface area contributed by atoms with Crippen molar-refractivity contribution >= 4 is 17.6 Å². The minimum Gasteiger partial charge on any atom is -0.480 e. The van der Waals surface area contributed by atoms with Crippen LogP contribution in [0.5, 0.6) is 0 Å². The summed E-state index contributed by atoms with van der Waals surface area (Å²) in [4.78, 5) is 10.8. The molecule has 1 atom stereocenters. The van der Waals surface area contributed by atoms with Crippen molar-refractivity contribution in [2.75, 3.05) is 0 Å². The summed E-state index contributed by atoms with van der Waals surface area (Å²) < 4.78 is 13.0. The molecule has 3 N–H and O–H groups in total. The van der Waals surface area contributed by atoms with E-state index in [0.717, 1.165) is 0 Å². The number of rotatable bonds is 3. The van der Waals surface area contributed by atoms with Crippen molar-refractivity contribution in [3.63, 3.8) is 0 Å². The van der Waals surface area contributed by atoms with Gasteiger partial charge in [-0.1, -0.05) is 31.5 Å². The van der Waals surface area contributed by atoms with Gasteiger partial charge in [-0.3, -0.25) is 4.79 Å². The van der Waals surface area contributed by atoms with Crippen molar-refractivity contribution in [3.8, 4) is 0 Å². The molecule has 0 heterocycles. The molecule has 0 aliphatic heterocycles. The van der Waals surface area contributed by atoms with Crippen LogP contribution in [0.4, 0.5) is 4.39 Å². The van der Waals surface area contributed by atoms with Gasteiger partial charge in [-0.05, 0) is 17.7 Å². The zero-order valence-corrected chi connectivity index (χ0v) is 9.75. The highest BCUT2D eigenvalue weighted by Gasteiger charge is 2.34. The Bertz CT molecular complexity index is 420.